The van der Waals surface area contributed by atoms with Gasteiger partial charge in [0.25, 0.3) is 0 Å². The third-order valence-electron chi connectivity index (χ3n) is 16.5. The number of aliphatic hydroxyl groups excluding tert-OH is 1. The van der Waals surface area contributed by atoms with Crippen molar-refractivity contribution < 1.29 is 14.3 Å². The van der Waals surface area contributed by atoms with Gasteiger partial charge in [0.15, 0.2) is 20.0 Å². The first-order valence-corrected chi connectivity index (χ1v) is 29.4. The Bertz CT molecular complexity index is 2350. The molecule has 72 heavy (non-hydrogen) atoms. The summed E-state index contributed by atoms with van der Waals surface area (Å²) < 4.78 is 5.74. The van der Waals surface area contributed by atoms with E-state index in [2.05, 4.69) is 151 Å². The van der Waals surface area contributed by atoms with Crippen LogP contribution in [0.25, 0.3) is 22.8 Å². The number of benzene rings is 2. The lowest BCUT2D eigenvalue weighted by atomic mass is 9.63. The van der Waals surface area contributed by atoms with Crippen LogP contribution in [-0.4, -0.2) is 97.7 Å². The first-order valence-electron chi connectivity index (χ1n) is 26.5. The average Bonchev–Trinajstić information content (AvgIpc) is 3.32. The van der Waals surface area contributed by atoms with Crippen LogP contribution in [0.3, 0.4) is 0 Å². The summed E-state index contributed by atoms with van der Waals surface area (Å²) >= 11 is 0. The van der Waals surface area contributed by atoms with Crippen molar-refractivity contribution >= 4 is 51.1 Å². The van der Waals surface area contributed by atoms with Crippen LogP contribution in [-0.2, 0) is 30.9 Å². The van der Waals surface area contributed by atoms with E-state index in [0.717, 1.165) is 106 Å². The molecule has 4 aromatic rings. The third kappa shape index (κ3) is 15.3. The zero-order chi connectivity index (χ0) is 51.1. The van der Waals surface area contributed by atoms with E-state index in [1.54, 1.807) is 0 Å². The van der Waals surface area contributed by atoms with Crippen molar-refractivity contribution in [2.75, 3.05) is 55.7 Å². The van der Waals surface area contributed by atoms with Crippen LogP contribution >= 0.6 is 24.8 Å². The standard InChI is InChI=1S/C26H38N4O.C23H32N4.C9H20O2Si.2ClH/c1-25(2)11-12-26(3,4)22-18-19(6-7-21(22)25)24-28-14-8-23(29-24)30-15-9-20(10-16-30)27-13-5-17-31;1-22(2)10-11-23(3,4)19-15-16(5-6-18(19)22)21-25-12-7-20(26-21)27-13-8-17(24)9-14-27;1-9(2,3)12(4,5)11-8-6-7-10;;/h6-8,14,18,20,27,31H,5,9-13,15-17H2,1-4H3;5-7,12,15,17H,8-11,13-14,24H2,1-4H3;7H,6,8H2,1-5H3;2*1H. The molecule has 14 heteroatoms. The van der Waals surface area contributed by atoms with Crippen LogP contribution in [0.5, 0.6) is 0 Å². The molecule has 0 atom stereocenters. The maximum atomic E-state index is 10.1. The van der Waals surface area contributed by atoms with Crippen molar-refractivity contribution in [2.45, 2.75) is 192 Å². The number of nitrogens with two attached hydrogens (primary N) is 1. The Morgan fingerprint density at radius 3 is 1.51 bits per heavy atom. The van der Waals surface area contributed by atoms with Gasteiger partial charge in [-0.25, -0.2) is 19.9 Å². The third-order valence-corrected chi connectivity index (χ3v) is 21.0. The molecule has 8 rings (SSSR count). The molecular formula is C58H92Cl2N8O3Si. The molecule has 2 saturated heterocycles. The molecule has 0 bridgehead atoms. The smallest absolute Gasteiger partial charge is 0.191 e. The molecule has 2 aliphatic heterocycles. The van der Waals surface area contributed by atoms with Gasteiger partial charge in [-0.1, -0.05) is 100 Å². The van der Waals surface area contributed by atoms with Gasteiger partial charge in [-0.05, 0) is 151 Å². The van der Waals surface area contributed by atoms with Gasteiger partial charge in [-0.2, -0.15) is 0 Å². The van der Waals surface area contributed by atoms with Gasteiger partial charge in [0.1, 0.15) is 17.9 Å². The van der Waals surface area contributed by atoms with Crippen molar-refractivity contribution in [3.05, 3.63) is 83.2 Å². The summed E-state index contributed by atoms with van der Waals surface area (Å²) in [5.74, 6) is 3.69. The van der Waals surface area contributed by atoms with E-state index in [9.17, 15) is 4.79 Å². The molecule has 4 N–H and O–H groups in total. The molecule has 2 aliphatic carbocycles. The van der Waals surface area contributed by atoms with Crippen molar-refractivity contribution in [3.8, 4) is 22.8 Å². The van der Waals surface area contributed by atoms with Crippen molar-refractivity contribution in [3.63, 3.8) is 0 Å². The molecule has 400 valence electrons. The van der Waals surface area contributed by atoms with E-state index in [1.807, 2.05) is 24.5 Å². The van der Waals surface area contributed by atoms with Crippen LogP contribution in [0.1, 0.15) is 163 Å². The number of hydrogen-bond donors (Lipinski definition) is 3. The summed E-state index contributed by atoms with van der Waals surface area (Å²) in [5.41, 5.74) is 15.0. The molecule has 0 unspecified atom stereocenters. The first kappa shape index (κ1) is 61.1. The SMILES string of the molecule is CC(C)(C)[Si](C)(C)OCCC=O.CC1(C)CCC(C)(C)c2cc(-c3nccc(N4CCC(N)CC4)n3)ccc21.CC1(C)CCC(C)(C)c2cc(-c3nccc(N4CCC(NCCCO)CC4)n3)ccc21.Cl.Cl. The van der Waals surface area contributed by atoms with Gasteiger partial charge in [0.2, 0.25) is 0 Å². The monoisotopic (exact) mass is 1050 g/mol. The van der Waals surface area contributed by atoms with E-state index in [-0.39, 0.29) is 58.1 Å². The van der Waals surface area contributed by atoms with E-state index in [4.69, 9.17) is 25.2 Å². The van der Waals surface area contributed by atoms with Gasteiger partial charge in [-0.15, -0.1) is 24.8 Å². The number of fused-ring (bicyclic) bond motifs is 2. The Balaban J connectivity index is 0.000000252. The number of nitrogens with zero attached hydrogens (tertiary/aromatic N) is 6. The maximum Gasteiger partial charge on any atom is 0.191 e. The Morgan fingerprint density at radius 2 is 1.11 bits per heavy atom. The van der Waals surface area contributed by atoms with Crippen LogP contribution < -0.4 is 20.9 Å². The minimum atomic E-state index is -1.60. The minimum Gasteiger partial charge on any atom is -0.416 e. The molecule has 2 aromatic carbocycles. The number of aromatic nitrogens is 4. The van der Waals surface area contributed by atoms with E-state index < -0.39 is 8.32 Å². The molecule has 2 aromatic heterocycles. The molecular weight excluding hydrogens is 956 g/mol. The number of aldehydes is 1. The zero-order valence-corrected chi connectivity index (χ0v) is 49.0. The second-order valence-corrected chi connectivity index (χ2v) is 29.5. The Kier molecular flexibility index (Phi) is 21.5. The molecule has 4 aliphatic rings. The van der Waals surface area contributed by atoms with Gasteiger partial charge in [0, 0.05) is 81.4 Å². The maximum absolute atomic E-state index is 10.1. The van der Waals surface area contributed by atoms with Gasteiger partial charge in [0.05, 0.1) is 0 Å². The summed E-state index contributed by atoms with van der Waals surface area (Å²) in [7, 11) is -1.60. The van der Waals surface area contributed by atoms with Crippen molar-refractivity contribution in [2.24, 2.45) is 5.73 Å². The van der Waals surface area contributed by atoms with Gasteiger partial charge >= 0.3 is 0 Å². The largest absolute Gasteiger partial charge is 0.416 e. The predicted molar refractivity (Wildman–Crippen MR) is 308 cm³/mol. The Hall–Kier alpha value is -3.49. The van der Waals surface area contributed by atoms with E-state index in [1.165, 1.54) is 47.9 Å². The molecule has 0 saturated carbocycles. The quantitative estimate of drug-likeness (QED) is 0.0709. The topological polar surface area (TPSA) is 143 Å². The van der Waals surface area contributed by atoms with Crippen LogP contribution in [0.15, 0.2) is 60.9 Å². The summed E-state index contributed by atoms with van der Waals surface area (Å²) in [6, 6.07) is 18.6. The highest BCUT2D eigenvalue weighted by Gasteiger charge is 2.39. The lowest BCUT2D eigenvalue weighted by Gasteiger charge is -2.42. The van der Waals surface area contributed by atoms with Crippen LogP contribution in [0.2, 0.25) is 18.1 Å². The zero-order valence-electron chi connectivity index (χ0n) is 46.4. The van der Waals surface area contributed by atoms with Gasteiger partial charge < -0.3 is 35.2 Å². The van der Waals surface area contributed by atoms with Gasteiger partial charge in [-0.3, -0.25) is 0 Å². The fraction of sp³-hybridized carbons (Fsp3) is 0.638. The fourth-order valence-corrected chi connectivity index (χ4v) is 11.3. The summed E-state index contributed by atoms with van der Waals surface area (Å²) in [5, 5.41) is 12.8. The van der Waals surface area contributed by atoms with E-state index in [0.29, 0.717) is 25.1 Å². The lowest BCUT2D eigenvalue weighted by Crippen LogP contribution is -2.43. The Labute approximate surface area is 448 Å². The number of anilines is 2. The molecule has 0 spiro atoms. The number of aliphatic hydroxyl groups is 1. The highest BCUT2D eigenvalue weighted by molar-refractivity contribution is 6.74. The summed E-state index contributed by atoms with van der Waals surface area (Å²) in [6.45, 7) is 35.5. The second-order valence-electron chi connectivity index (χ2n) is 24.7. The first-order chi connectivity index (χ1) is 32.9. The van der Waals surface area contributed by atoms with Crippen molar-refractivity contribution in [1.29, 1.82) is 0 Å². The number of carbonyl (C=O) groups excluding carboxylic acids is 1. The Morgan fingerprint density at radius 1 is 0.694 bits per heavy atom. The lowest BCUT2D eigenvalue weighted by molar-refractivity contribution is -0.108. The normalized spacial score (nSPS) is 19.2. The predicted octanol–water partition coefficient (Wildman–Crippen LogP) is 12.3. The molecule has 0 amide bonds. The second kappa shape index (κ2) is 25.4. The number of halogens is 2. The van der Waals surface area contributed by atoms with Crippen LogP contribution in [0.4, 0.5) is 11.6 Å². The molecule has 11 nitrogen and oxygen atoms in total. The minimum absolute atomic E-state index is 0. The number of hydrogen-bond acceptors (Lipinski definition) is 11. The van der Waals surface area contributed by atoms with Crippen molar-refractivity contribution in [1.82, 2.24) is 25.3 Å². The number of rotatable bonds is 12. The molecule has 2 fully saturated rings. The summed E-state index contributed by atoms with van der Waals surface area (Å²) in [4.78, 5) is 33.9. The number of piperidine rings is 2. The molecule has 0 radical (unpaired) electrons. The highest BCUT2D eigenvalue weighted by Crippen LogP contribution is 2.48. The number of carbonyl (C=O) groups is 1. The van der Waals surface area contributed by atoms with Crippen LogP contribution in [0, 0.1) is 0 Å². The molecule has 4 heterocycles. The number of nitrogens with one attached hydrogen (secondary N) is 1. The van der Waals surface area contributed by atoms with E-state index >= 15 is 0 Å². The highest BCUT2D eigenvalue weighted by atomic mass is 35.5. The average molecular weight is 1050 g/mol. The summed E-state index contributed by atoms with van der Waals surface area (Å²) in [6.07, 6.45) is 15.2. The fourth-order valence-electron chi connectivity index (χ4n) is 10.2.